The molecule has 5 aromatic rings. The minimum absolute atomic E-state index is 0.136. The number of carbonyl (C=O) groups is 1. The number of hydrogen-bond donors (Lipinski definition) is 1. The number of thioether (sulfide) groups is 1. The van der Waals surface area contributed by atoms with Gasteiger partial charge in [0.2, 0.25) is 0 Å². The first-order chi connectivity index (χ1) is 19.1. The number of para-hydroxylation sites is 1. The van der Waals surface area contributed by atoms with Gasteiger partial charge in [0, 0.05) is 11.3 Å². The molecule has 0 aliphatic rings. The first kappa shape index (κ1) is 25.9. The lowest BCUT2D eigenvalue weighted by atomic mass is 10.0. The average Bonchev–Trinajstić information content (AvgIpc) is 3.44. The first-order valence-electron chi connectivity index (χ1n) is 12.4. The molecule has 0 bridgehead atoms. The number of benzene rings is 4. The highest BCUT2D eigenvalue weighted by molar-refractivity contribution is 7.99. The molecule has 0 atom stereocenters. The Morgan fingerprint density at radius 3 is 2.10 bits per heavy atom. The Morgan fingerprint density at radius 1 is 0.821 bits per heavy atom. The van der Waals surface area contributed by atoms with Crippen molar-refractivity contribution in [2.45, 2.75) is 12.1 Å². The molecule has 0 spiro atoms. The Hall–Kier alpha value is -4.69. The van der Waals surface area contributed by atoms with Crippen molar-refractivity contribution in [3.63, 3.8) is 0 Å². The Morgan fingerprint density at radius 2 is 1.44 bits per heavy atom. The van der Waals surface area contributed by atoms with Crippen LogP contribution in [0.2, 0.25) is 0 Å². The molecule has 194 valence electrons. The zero-order valence-corrected chi connectivity index (χ0v) is 22.4. The quantitative estimate of drug-likeness (QED) is 0.138. The number of nitrogens with zero attached hydrogens (tertiary/aromatic N) is 4. The van der Waals surface area contributed by atoms with Crippen molar-refractivity contribution in [3.8, 4) is 34.0 Å². The lowest BCUT2D eigenvalue weighted by Gasteiger charge is -2.10. The molecule has 4 aromatic carbocycles. The standard InChI is InChI=1S/C31H27N5O2S/c1-22(23-13-15-25(16-14-23)24-9-5-3-6-10-24)32-33-29(37)21-39-31-35-34-30(26-17-19-28(38-2)20-18-26)36(31)27-11-7-4-8-12-27/h3-20H,21H2,1-2H3,(H,33,37)/b32-22-. The number of carbonyl (C=O) groups excluding carboxylic acids is 1. The second-order valence-electron chi connectivity index (χ2n) is 8.67. The summed E-state index contributed by atoms with van der Waals surface area (Å²) in [5.74, 6) is 1.35. The van der Waals surface area contributed by atoms with Crippen LogP contribution >= 0.6 is 11.8 Å². The van der Waals surface area contributed by atoms with E-state index in [9.17, 15) is 4.79 Å². The SMILES string of the molecule is COc1ccc(-c2nnc(SCC(=O)N/N=C(/C)c3ccc(-c4ccccc4)cc3)n2-c2ccccc2)cc1. The van der Waals surface area contributed by atoms with Gasteiger partial charge < -0.3 is 4.74 Å². The van der Waals surface area contributed by atoms with Crippen LogP contribution < -0.4 is 10.2 Å². The van der Waals surface area contributed by atoms with E-state index in [0.29, 0.717) is 11.0 Å². The molecule has 8 heteroatoms. The van der Waals surface area contributed by atoms with Crippen molar-refractivity contribution in [1.29, 1.82) is 0 Å². The Labute approximate surface area is 231 Å². The van der Waals surface area contributed by atoms with E-state index in [1.165, 1.54) is 11.8 Å². The molecular formula is C31H27N5O2S. The molecule has 0 radical (unpaired) electrons. The Bertz CT molecular complexity index is 1570. The lowest BCUT2D eigenvalue weighted by Crippen LogP contribution is -2.21. The fourth-order valence-corrected chi connectivity index (χ4v) is 4.75. The average molecular weight is 534 g/mol. The van der Waals surface area contributed by atoms with Crippen LogP contribution in [0.15, 0.2) is 119 Å². The molecule has 5 rings (SSSR count). The number of hydrazone groups is 1. The minimum atomic E-state index is -0.228. The zero-order valence-electron chi connectivity index (χ0n) is 21.6. The topological polar surface area (TPSA) is 81.4 Å². The third-order valence-corrected chi connectivity index (χ3v) is 7.02. The van der Waals surface area contributed by atoms with Crippen LogP contribution in [0, 0.1) is 0 Å². The van der Waals surface area contributed by atoms with Crippen LogP contribution in [0.5, 0.6) is 5.75 Å². The van der Waals surface area contributed by atoms with E-state index < -0.39 is 0 Å². The van der Waals surface area contributed by atoms with E-state index in [2.05, 4.69) is 45.0 Å². The van der Waals surface area contributed by atoms with Crippen molar-refractivity contribution >= 4 is 23.4 Å². The van der Waals surface area contributed by atoms with E-state index in [0.717, 1.165) is 39.4 Å². The highest BCUT2D eigenvalue weighted by atomic mass is 32.2. The van der Waals surface area contributed by atoms with E-state index >= 15 is 0 Å². The number of ether oxygens (including phenoxy) is 1. The normalized spacial score (nSPS) is 11.3. The van der Waals surface area contributed by atoms with Gasteiger partial charge in [-0.3, -0.25) is 9.36 Å². The molecule has 1 N–H and O–H groups in total. The predicted octanol–water partition coefficient (Wildman–Crippen LogP) is 6.24. The van der Waals surface area contributed by atoms with Gasteiger partial charge >= 0.3 is 0 Å². The van der Waals surface area contributed by atoms with Gasteiger partial charge in [-0.1, -0.05) is 84.6 Å². The van der Waals surface area contributed by atoms with E-state index in [1.54, 1.807) is 7.11 Å². The van der Waals surface area contributed by atoms with E-state index in [-0.39, 0.29) is 11.7 Å². The lowest BCUT2D eigenvalue weighted by molar-refractivity contribution is -0.118. The van der Waals surface area contributed by atoms with Crippen LogP contribution in [0.1, 0.15) is 12.5 Å². The smallest absolute Gasteiger partial charge is 0.250 e. The summed E-state index contributed by atoms with van der Waals surface area (Å²) in [4.78, 5) is 12.7. The summed E-state index contributed by atoms with van der Waals surface area (Å²) >= 11 is 1.30. The van der Waals surface area contributed by atoms with Crippen LogP contribution in [-0.2, 0) is 4.79 Å². The molecule has 39 heavy (non-hydrogen) atoms. The van der Waals surface area contributed by atoms with Crippen molar-refractivity contribution in [3.05, 3.63) is 115 Å². The number of aromatic nitrogens is 3. The minimum Gasteiger partial charge on any atom is -0.497 e. The Kier molecular flexibility index (Phi) is 8.14. The summed E-state index contributed by atoms with van der Waals surface area (Å²) in [7, 11) is 1.63. The maximum absolute atomic E-state index is 12.7. The van der Waals surface area contributed by atoms with E-state index in [1.807, 2.05) is 96.4 Å². The summed E-state index contributed by atoms with van der Waals surface area (Å²) < 4.78 is 7.23. The molecular weight excluding hydrogens is 506 g/mol. The second-order valence-corrected chi connectivity index (χ2v) is 9.61. The molecule has 0 saturated carbocycles. The maximum atomic E-state index is 12.7. The van der Waals surface area contributed by atoms with Crippen molar-refractivity contribution < 1.29 is 9.53 Å². The van der Waals surface area contributed by atoms with Crippen LogP contribution in [0.4, 0.5) is 0 Å². The van der Waals surface area contributed by atoms with E-state index in [4.69, 9.17) is 4.74 Å². The summed E-state index contributed by atoms with van der Waals surface area (Å²) in [6.07, 6.45) is 0. The molecule has 7 nitrogen and oxygen atoms in total. The monoisotopic (exact) mass is 533 g/mol. The summed E-state index contributed by atoms with van der Waals surface area (Å²) in [5.41, 5.74) is 8.41. The molecule has 0 unspecified atom stereocenters. The number of hydrogen-bond acceptors (Lipinski definition) is 6. The predicted molar refractivity (Wildman–Crippen MR) is 156 cm³/mol. The molecule has 1 heterocycles. The van der Waals surface area contributed by atoms with Crippen LogP contribution in [0.3, 0.4) is 0 Å². The fraction of sp³-hybridized carbons (Fsp3) is 0.0968. The molecule has 0 aliphatic heterocycles. The van der Waals surface area contributed by atoms with Gasteiger partial charge in [0.05, 0.1) is 18.6 Å². The van der Waals surface area contributed by atoms with Gasteiger partial charge in [-0.25, -0.2) is 5.43 Å². The van der Waals surface area contributed by atoms with Gasteiger partial charge in [-0.15, -0.1) is 10.2 Å². The van der Waals surface area contributed by atoms with Gasteiger partial charge in [0.1, 0.15) is 5.75 Å². The van der Waals surface area contributed by atoms with Gasteiger partial charge in [-0.2, -0.15) is 5.10 Å². The second kappa shape index (κ2) is 12.2. The fourth-order valence-electron chi connectivity index (χ4n) is 4.01. The molecule has 1 aromatic heterocycles. The number of rotatable bonds is 9. The molecule has 0 fully saturated rings. The van der Waals surface area contributed by atoms with Crippen molar-refractivity contribution in [2.75, 3.05) is 12.9 Å². The van der Waals surface area contributed by atoms with Gasteiger partial charge in [-0.05, 0) is 60.0 Å². The highest BCUT2D eigenvalue weighted by Crippen LogP contribution is 2.29. The highest BCUT2D eigenvalue weighted by Gasteiger charge is 2.17. The summed E-state index contributed by atoms with van der Waals surface area (Å²) in [5, 5.41) is 13.7. The van der Waals surface area contributed by atoms with Crippen molar-refractivity contribution in [1.82, 2.24) is 20.2 Å². The maximum Gasteiger partial charge on any atom is 0.250 e. The Balaban J connectivity index is 1.27. The third kappa shape index (κ3) is 6.25. The summed E-state index contributed by atoms with van der Waals surface area (Å²) in [6.45, 7) is 1.87. The van der Waals surface area contributed by atoms with Crippen LogP contribution in [-0.4, -0.2) is 39.2 Å². The number of nitrogens with one attached hydrogen (secondary N) is 1. The zero-order chi connectivity index (χ0) is 27.0. The third-order valence-electron chi connectivity index (χ3n) is 6.09. The summed E-state index contributed by atoms with van der Waals surface area (Å²) in [6, 6.07) is 35.8. The largest absolute Gasteiger partial charge is 0.497 e. The van der Waals surface area contributed by atoms with Gasteiger partial charge in [0.25, 0.3) is 5.91 Å². The van der Waals surface area contributed by atoms with Crippen molar-refractivity contribution in [2.24, 2.45) is 5.10 Å². The first-order valence-corrected chi connectivity index (χ1v) is 13.4. The van der Waals surface area contributed by atoms with Gasteiger partial charge in [0.15, 0.2) is 11.0 Å². The molecule has 0 saturated heterocycles. The molecule has 1 amide bonds. The number of methoxy groups -OCH3 is 1. The molecule has 0 aliphatic carbocycles. The van der Waals surface area contributed by atoms with Crippen LogP contribution in [0.25, 0.3) is 28.2 Å². The number of amides is 1.